The zero-order chi connectivity index (χ0) is 13.5. The molecule has 2 N–H and O–H groups in total. The Bertz CT molecular complexity index is 222. The fourth-order valence-corrected chi connectivity index (χ4v) is 3.35. The van der Waals surface area contributed by atoms with Gasteiger partial charge in [-0.2, -0.15) is 11.8 Å². The van der Waals surface area contributed by atoms with Gasteiger partial charge in [0, 0.05) is 23.4 Å². The van der Waals surface area contributed by atoms with Crippen LogP contribution in [-0.2, 0) is 0 Å². The second kappa shape index (κ2) is 8.41. The lowest BCUT2D eigenvalue weighted by molar-refractivity contribution is 0.227. The van der Waals surface area contributed by atoms with E-state index >= 15 is 0 Å². The standard InChI is InChI=1S/C14H30N2OS/c1-11(2)16-8-5-6-13(7-9-16)15-12(3)14(10-17)18-4/h11-15,17H,5-10H2,1-4H3. The van der Waals surface area contributed by atoms with Crippen molar-refractivity contribution in [2.45, 2.75) is 63.4 Å². The minimum atomic E-state index is 0.264. The fourth-order valence-electron chi connectivity index (χ4n) is 2.72. The SMILES string of the molecule is CSC(CO)C(C)NC1CCCN(C(C)C)CC1. The number of rotatable bonds is 6. The highest BCUT2D eigenvalue weighted by Gasteiger charge is 2.22. The number of aliphatic hydroxyl groups is 1. The molecule has 1 rings (SSSR count). The Morgan fingerprint density at radius 1 is 1.28 bits per heavy atom. The summed E-state index contributed by atoms with van der Waals surface area (Å²) < 4.78 is 0. The molecule has 0 bridgehead atoms. The van der Waals surface area contributed by atoms with E-state index in [1.165, 1.54) is 32.4 Å². The van der Waals surface area contributed by atoms with E-state index in [4.69, 9.17) is 0 Å². The smallest absolute Gasteiger partial charge is 0.0564 e. The van der Waals surface area contributed by atoms with E-state index in [1.54, 1.807) is 11.8 Å². The molecule has 0 radical (unpaired) electrons. The summed E-state index contributed by atoms with van der Waals surface area (Å²) >= 11 is 1.75. The zero-order valence-corrected chi connectivity index (χ0v) is 13.2. The molecule has 3 atom stereocenters. The van der Waals surface area contributed by atoms with Gasteiger partial charge in [-0.05, 0) is 59.4 Å². The van der Waals surface area contributed by atoms with Gasteiger partial charge in [0.05, 0.1) is 6.61 Å². The van der Waals surface area contributed by atoms with Crippen LogP contribution < -0.4 is 5.32 Å². The van der Waals surface area contributed by atoms with Crippen LogP contribution in [0.15, 0.2) is 0 Å². The minimum Gasteiger partial charge on any atom is -0.395 e. The molecule has 3 nitrogen and oxygen atoms in total. The highest BCUT2D eigenvalue weighted by Crippen LogP contribution is 2.16. The summed E-state index contributed by atoms with van der Waals surface area (Å²) in [7, 11) is 0. The third-order valence-corrected chi connectivity index (χ3v) is 5.19. The van der Waals surface area contributed by atoms with Crippen molar-refractivity contribution in [2.24, 2.45) is 0 Å². The molecule has 4 heteroatoms. The zero-order valence-electron chi connectivity index (χ0n) is 12.4. The van der Waals surface area contributed by atoms with E-state index < -0.39 is 0 Å². The molecule has 0 aromatic rings. The average molecular weight is 274 g/mol. The number of hydrogen-bond acceptors (Lipinski definition) is 4. The molecule has 0 saturated carbocycles. The van der Waals surface area contributed by atoms with Crippen molar-refractivity contribution in [1.29, 1.82) is 0 Å². The maximum Gasteiger partial charge on any atom is 0.0564 e. The first kappa shape index (κ1) is 16.3. The van der Waals surface area contributed by atoms with E-state index in [0.717, 1.165) is 0 Å². The highest BCUT2D eigenvalue weighted by molar-refractivity contribution is 7.99. The summed E-state index contributed by atoms with van der Waals surface area (Å²) in [6.07, 6.45) is 5.85. The fraction of sp³-hybridized carbons (Fsp3) is 1.00. The Morgan fingerprint density at radius 2 is 2.00 bits per heavy atom. The van der Waals surface area contributed by atoms with Crippen molar-refractivity contribution in [3.8, 4) is 0 Å². The summed E-state index contributed by atoms with van der Waals surface area (Å²) in [5, 5.41) is 13.4. The van der Waals surface area contributed by atoms with Gasteiger partial charge in [-0.25, -0.2) is 0 Å². The summed E-state index contributed by atoms with van der Waals surface area (Å²) in [6, 6.07) is 1.67. The molecule has 0 aromatic carbocycles. The lowest BCUT2D eigenvalue weighted by Gasteiger charge is -2.27. The maximum absolute atomic E-state index is 9.33. The van der Waals surface area contributed by atoms with E-state index in [1.807, 2.05) is 0 Å². The number of likely N-dealkylation sites (tertiary alicyclic amines) is 1. The molecule has 108 valence electrons. The van der Waals surface area contributed by atoms with Gasteiger partial charge in [0.2, 0.25) is 0 Å². The number of aliphatic hydroxyl groups excluding tert-OH is 1. The second-order valence-electron chi connectivity index (χ2n) is 5.67. The monoisotopic (exact) mass is 274 g/mol. The number of thioether (sulfide) groups is 1. The molecule has 0 aliphatic carbocycles. The van der Waals surface area contributed by atoms with Crippen LogP contribution in [0.4, 0.5) is 0 Å². The van der Waals surface area contributed by atoms with Gasteiger partial charge >= 0.3 is 0 Å². The first-order valence-electron chi connectivity index (χ1n) is 7.22. The van der Waals surface area contributed by atoms with Crippen molar-refractivity contribution in [3.05, 3.63) is 0 Å². The quantitative estimate of drug-likeness (QED) is 0.776. The van der Waals surface area contributed by atoms with Crippen LogP contribution in [0.2, 0.25) is 0 Å². The first-order valence-corrected chi connectivity index (χ1v) is 8.51. The summed E-state index contributed by atoms with van der Waals surface area (Å²) in [4.78, 5) is 2.57. The maximum atomic E-state index is 9.33. The van der Waals surface area contributed by atoms with Crippen LogP contribution >= 0.6 is 11.8 Å². The van der Waals surface area contributed by atoms with Crippen molar-refractivity contribution < 1.29 is 5.11 Å². The Labute approximate surface area is 117 Å². The summed E-state index contributed by atoms with van der Waals surface area (Å²) in [5.74, 6) is 0. The Balaban J connectivity index is 2.39. The van der Waals surface area contributed by atoms with Crippen LogP contribution in [0.25, 0.3) is 0 Å². The number of nitrogens with zero attached hydrogens (tertiary/aromatic N) is 1. The molecule has 1 aliphatic heterocycles. The molecule has 0 amide bonds. The third kappa shape index (κ3) is 5.08. The van der Waals surface area contributed by atoms with Gasteiger partial charge < -0.3 is 15.3 Å². The number of nitrogens with one attached hydrogen (secondary N) is 1. The predicted octanol–water partition coefficient (Wildman–Crippen LogP) is 1.95. The van der Waals surface area contributed by atoms with Gasteiger partial charge in [-0.3, -0.25) is 0 Å². The van der Waals surface area contributed by atoms with E-state index in [-0.39, 0.29) is 6.61 Å². The molecule has 0 aromatic heterocycles. The van der Waals surface area contributed by atoms with Gasteiger partial charge in [0.1, 0.15) is 0 Å². The third-order valence-electron chi connectivity index (χ3n) is 4.03. The van der Waals surface area contributed by atoms with E-state index in [9.17, 15) is 5.11 Å². The lowest BCUT2D eigenvalue weighted by Crippen LogP contribution is -2.44. The van der Waals surface area contributed by atoms with Crippen LogP contribution in [0.1, 0.15) is 40.0 Å². The largest absolute Gasteiger partial charge is 0.395 e. The van der Waals surface area contributed by atoms with Crippen molar-refractivity contribution >= 4 is 11.8 Å². The average Bonchev–Trinajstić information content (AvgIpc) is 2.56. The van der Waals surface area contributed by atoms with Crippen LogP contribution in [0, 0.1) is 0 Å². The first-order chi connectivity index (χ1) is 8.58. The molecule has 0 spiro atoms. The van der Waals surface area contributed by atoms with Crippen molar-refractivity contribution in [3.63, 3.8) is 0 Å². The highest BCUT2D eigenvalue weighted by atomic mass is 32.2. The van der Waals surface area contributed by atoms with E-state index in [2.05, 4.69) is 37.2 Å². The molecule has 1 heterocycles. The molecule has 1 saturated heterocycles. The second-order valence-corrected chi connectivity index (χ2v) is 6.75. The van der Waals surface area contributed by atoms with E-state index in [0.29, 0.717) is 23.4 Å². The Hall–Kier alpha value is 0.230. The molecule has 18 heavy (non-hydrogen) atoms. The molecule has 1 aliphatic rings. The van der Waals surface area contributed by atoms with Crippen LogP contribution in [-0.4, -0.2) is 59.3 Å². The predicted molar refractivity (Wildman–Crippen MR) is 81.3 cm³/mol. The van der Waals surface area contributed by atoms with Crippen molar-refractivity contribution in [2.75, 3.05) is 26.0 Å². The summed E-state index contributed by atoms with van der Waals surface area (Å²) in [6.45, 7) is 9.46. The minimum absolute atomic E-state index is 0.264. The number of hydrogen-bond donors (Lipinski definition) is 2. The van der Waals surface area contributed by atoms with Crippen molar-refractivity contribution in [1.82, 2.24) is 10.2 Å². The van der Waals surface area contributed by atoms with Crippen LogP contribution in [0.5, 0.6) is 0 Å². The molecular weight excluding hydrogens is 244 g/mol. The Kier molecular flexibility index (Phi) is 7.61. The molecular formula is C14H30N2OS. The lowest BCUT2D eigenvalue weighted by atomic mass is 10.1. The van der Waals surface area contributed by atoms with Gasteiger partial charge in [-0.15, -0.1) is 0 Å². The van der Waals surface area contributed by atoms with Gasteiger partial charge in [0.15, 0.2) is 0 Å². The topological polar surface area (TPSA) is 35.5 Å². The van der Waals surface area contributed by atoms with Gasteiger partial charge in [0.25, 0.3) is 0 Å². The normalized spacial score (nSPS) is 26.0. The summed E-state index contributed by atoms with van der Waals surface area (Å²) in [5.41, 5.74) is 0. The molecule has 3 unspecified atom stereocenters. The molecule has 1 fully saturated rings. The van der Waals surface area contributed by atoms with Gasteiger partial charge in [-0.1, -0.05) is 0 Å². The Morgan fingerprint density at radius 3 is 2.56 bits per heavy atom. The van der Waals surface area contributed by atoms with Crippen LogP contribution in [0.3, 0.4) is 0 Å².